The van der Waals surface area contributed by atoms with Gasteiger partial charge in [-0.05, 0) is 19.1 Å². The second-order valence-corrected chi connectivity index (χ2v) is 6.05. The molecule has 0 spiro atoms. The molecule has 0 heterocycles. The third-order valence-corrected chi connectivity index (χ3v) is 3.66. The lowest BCUT2D eigenvalue weighted by Crippen LogP contribution is -2.17. The largest absolute Gasteiger partial charge is 0.478 e. The third-order valence-electron chi connectivity index (χ3n) is 2.50. The van der Waals surface area contributed by atoms with E-state index in [4.69, 9.17) is 5.11 Å². The smallest absolute Gasteiger partial charge is 0.337 e. The Labute approximate surface area is 124 Å². The number of allylic oxidation sites excluding steroid dienone is 4. The van der Waals surface area contributed by atoms with E-state index in [1.165, 1.54) is 24.3 Å². The minimum absolute atomic E-state index is 0.0526. The number of benzene rings is 1. The van der Waals surface area contributed by atoms with Crippen molar-refractivity contribution in [2.75, 3.05) is 10.5 Å². The van der Waals surface area contributed by atoms with E-state index >= 15 is 0 Å². The molecule has 2 N–H and O–H groups in total. The highest BCUT2D eigenvalue weighted by Crippen LogP contribution is 2.16. The fraction of sp³-hybridized carbons (Fsp3) is 0.133. The number of sulfonamides is 1. The Morgan fingerprint density at radius 2 is 2.05 bits per heavy atom. The zero-order valence-electron chi connectivity index (χ0n) is 11.6. The molecule has 0 aliphatic heterocycles. The first-order valence-electron chi connectivity index (χ1n) is 6.14. The van der Waals surface area contributed by atoms with E-state index in [2.05, 4.69) is 11.3 Å². The first-order chi connectivity index (χ1) is 9.85. The molecule has 1 rings (SSSR count). The van der Waals surface area contributed by atoms with Crippen molar-refractivity contribution in [3.63, 3.8) is 0 Å². The summed E-state index contributed by atoms with van der Waals surface area (Å²) >= 11 is 0. The summed E-state index contributed by atoms with van der Waals surface area (Å²) in [6.07, 6.45) is 6.50. The van der Waals surface area contributed by atoms with Crippen LogP contribution in [0, 0.1) is 0 Å². The van der Waals surface area contributed by atoms with Crippen molar-refractivity contribution in [3.05, 3.63) is 66.3 Å². The number of para-hydroxylation sites is 1. The van der Waals surface area contributed by atoms with Gasteiger partial charge in [0.05, 0.1) is 17.0 Å². The minimum Gasteiger partial charge on any atom is -0.478 e. The van der Waals surface area contributed by atoms with Crippen molar-refractivity contribution in [1.82, 2.24) is 0 Å². The molecule has 0 aliphatic rings. The summed E-state index contributed by atoms with van der Waals surface area (Å²) in [6.45, 7) is 5.36. The Balaban J connectivity index is 2.85. The van der Waals surface area contributed by atoms with Crippen molar-refractivity contribution in [2.24, 2.45) is 0 Å². The molecule has 1 aromatic rings. The molecule has 1 aromatic carbocycles. The van der Waals surface area contributed by atoms with Gasteiger partial charge in [0.2, 0.25) is 10.0 Å². The molecule has 112 valence electrons. The van der Waals surface area contributed by atoms with Crippen LogP contribution < -0.4 is 4.72 Å². The standard InChI is InChI=1S/C15H17NO4S/c1-3-7-12(2)8-6-11-21(19,20)16-14-10-5-4-9-13(14)15(17)18/h3-10,16H,1,11H2,2H3,(H,17,18)/b8-6-,12-7-. The highest BCUT2D eigenvalue weighted by atomic mass is 32.2. The summed E-state index contributed by atoms with van der Waals surface area (Å²) in [4.78, 5) is 11.0. The molecule has 0 aliphatic carbocycles. The summed E-state index contributed by atoms with van der Waals surface area (Å²) in [5, 5.41) is 9.00. The fourth-order valence-electron chi connectivity index (χ4n) is 1.57. The van der Waals surface area contributed by atoms with Crippen molar-refractivity contribution in [2.45, 2.75) is 6.92 Å². The van der Waals surface area contributed by atoms with Gasteiger partial charge < -0.3 is 5.11 Å². The predicted octanol–water partition coefficient (Wildman–Crippen LogP) is 2.82. The molecule has 0 saturated carbocycles. The number of nitrogens with one attached hydrogen (secondary N) is 1. The number of carboxylic acids is 1. The molecule has 0 fully saturated rings. The zero-order valence-corrected chi connectivity index (χ0v) is 12.4. The minimum atomic E-state index is -3.65. The van der Waals surface area contributed by atoms with Crippen molar-refractivity contribution >= 4 is 21.7 Å². The second kappa shape index (κ2) is 7.44. The molecule has 5 nitrogen and oxygen atoms in total. The van der Waals surface area contributed by atoms with Crippen molar-refractivity contribution < 1.29 is 18.3 Å². The van der Waals surface area contributed by atoms with Crippen LogP contribution >= 0.6 is 0 Å². The molecule has 21 heavy (non-hydrogen) atoms. The quantitative estimate of drug-likeness (QED) is 0.759. The lowest BCUT2D eigenvalue weighted by Gasteiger charge is -2.08. The average molecular weight is 307 g/mol. The zero-order chi connectivity index (χ0) is 15.9. The maximum Gasteiger partial charge on any atom is 0.337 e. The van der Waals surface area contributed by atoms with Crippen LogP contribution in [0.25, 0.3) is 0 Å². The highest BCUT2D eigenvalue weighted by molar-refractivity contribution is 7.92. The van der Waals surface area contributed by atoms with E-state index < -0.39 is 16.0 Å². The van der Waals surface area contributed by atoms with E-state index in [1.54, 1.807) is 24.3 Å². The van der Waals surface area contributed by atoms with Gasteiger partial charge in [0.15, 0.2) is 0 Å². The predicted molar refractivity (Wildman–Crippen MR) is 83.9 cm³/mol. The van der Waals surface area contributed by atoms with E-state index in [-0.39, 0.29) is 17.0 Å². The van der Waals surface area contributed by atoms with Gasteiger partial charge >= 0.3 is 5.97 Å². The summed E-state index contributed by atoms with van der Waals surface area (Å²) in [5.41, 5.74) is 0.829. The van der Waals surface area contributed by atoms with Crippen LogP contribution in [-0.2, 0) is 10.0 Å². The van der Waals surface area contributed by atoms with Gasteiger partial charge in [0, 0.05) is 0 Å². The normalized spacial score (nSPS) is 12.3. The molecule has 6 heteroatoms. The number of carboxylic acid groups (broad SMARTS) is 1. The van der Waals surface area contributed by atoms with E-state index in [9.17, 15) is 13.2 Å². The molecule has 0 unspecified atom stereocenters. The average Bonchev–Trinajstić information content (AvgIpc) is 2.38. The SMILES string of the molecule is C=C/C=C(C)\C=C/CS(=O)(=O)Nc1ccccc1C(=O)O. The fourth-order valence-corrected chi connectivity index (χ4v) is 2.52. The lowest BCUT2D eigenvalue weighted by molar-refractivity contribution is 0.0698. The number of carbonyl (C=O) groups is 1. The summed E-state index contributed by atoms with van der Waals surface area (Å²) < 4.78 is 26.1. The van der Waals surface area contributed by atoms with Crippen LogP contribution in [0.3, 0.4) is 0 Å². The first-order valence-corrected chi connectivity index (χ1v) is 7.79. The number of anilines is 1. The summed E-state index contributed by atoms with van der Waals surface area (Å²) in [7, 11) is -3.65. The molecule has 0 atom stereocenters. The van der Waals surface area contributed by atoms with Crippen LogP contribution in [0.1, 0.15) is 17.3 Å². The number of hydrogen-bond acceptors (Lipinski definition) is 3. The molecular weight excluding hydrogens is 290 g/mol. The van der Waals surface area contributed by atoms with Crippen LogP contribution in [0.2, 0.25) is 0 Å². The van der Waals surface area contributed by atoms with Gasteiger partial charge in [0.1, 0.15) is 0 Å². The first kappa shape index (κ1) is 16.7. The Hall–Kier alpha value is -2.34. The van der Waals surface area contributed by atoms with Gasteiger partial charge in [-0.1, -0.05) is 48.6 Å². The summed E-state index contributed by atoms with van der Waals surface area (Å²) in [6, 6.07) is 5.85. The molecule has 0 aromatic heterocycles. The van der Waals surface area contributed by atoms with Gasteiger partial charge in [-0.3, -0.25) is 4.72 Å². The lowest BCUT2D eigenvalue weighted by atomic mass is 10.2. The van der Waals surface area contributed by atoms with Gasteiger partial charge in [-0.2, -0.15) is 0 Å². The Bertz CT molecular complexity index is 687. The van der Waals surface area contributed by atoms with Gasteiger partial charge in [0.25, 0.3) is 0 Å². The molecule has 0 amide bonds. The molecule has 0 saturated heterocycles. The highest BCUT2D eigenvalue weighted by Gasteiger charge is 2.14. The molecule has 0 radical (unpaired) electrons. The Morgan fingerprint density at radius 3 is 2.67 bits per heavy atom. The maximum atomic E-state index is 11.9. The number of hydrogen-bond donors (Lipinski definition) is 2. The monoisotopic (exact) mass is 307 g/mol. The van der Waals surface area contributed by atoms with Crippen molar-refractivity contribution in [1.29, 1.82) is 0 Å². The van der Waals surface area contributed by atoms with Crippen LogP contribution in [0.5, 0.6) is 0 Å². The Morgan fingerprint density at radius 1 is 1.38 bits per heavy atom. The topological polar surface area (TPSA) is 83.5 Å². The van der Waals surface area contributed by atoms with Crippen LogP contribution in [0.15, 0.2) is 60.7 Å². The molecular formula is C15H17NO4S. The number of rotatable bonds is 7. The Kier molecular flexibility index (Phi) is 5.92. The maximum absolute atomic E-state index is 11.9. The van der Waals surface area contributed by atoms with Crippen LogP contribution in [-0.4, -0.2) is 25.2 Å². The van der Waals surface area contributed by atoms with Gasteiger partial charge in [-0.15, -0.1) is 0 Å². The van der Waals surface area contributed by atoms with Crippen molar-refractivity contribution in [3.8, 4) is 0 Å². The van der Waals surface area contributed by atoms with Gasteiger partial charge in [-0.25, -0.2) is 13.2 Å². The van der Waals surface area contributed by atoms with E-state index in [1.807, 2.05) is 6.92 Å². The van der Waals surface area contributed by atoms with E-state index in [0.717, 1.165) is 5.57 Å². The second-order valence-electron chi connectivity index (χ2n) is 4.28. The van der Waals surface area contributed by atoms with E-state index in [0.29, 0.717) is 0 Å². The number of aromatic carboxylic acids is 1. The molecule has 0 bridgehead atoms. The third kappa shape index (κ3) is 5.66. The summed E-state index contributed by atoms with van der Waals surface area (Å²) in [5.74, 6) is -1.43. The van der Waals surface area contributed by atoms with Crippen LogP contribution in [0.4, 0.5) is 5.69 Å².